The minimum atomic E-state index is -0.627. The quantitative estimate of drug-likeness (QED) is 0.388. The Kier molecular flexibility index (Phi) is 7.81. The molecule has 3 aromatic carbocycles. The van der Waals surface area contributed by atoms with Crippen LogP contribution in [0.5, 0.6) is 5.75 Å². The first-order valence-corrected chi connectivity index (χ1v) is 13.6. The van der Waals surface area contributed by atoms with Gasteiger partial charge in [0.05, 0.1) is 23.9 Å². The highest BCUT2D eigenvalue weighted by atomic mass is 35.5. The lowest BCUT2D eigenvalue weighted by Gasteiger charge is -2.23. The first-order valence-electron chi connectivity index (χ1n) is 12.4. The second-order valence-corrected chi connectivity index (χ2v) is 10.6. The number of carbonyl (C=O) groups is 2. The van der Waals surface area contributed by atoms with Crippen LogP contribution in [0.3, 0.4) is 0 Å². The highest BCUT2D eigenvalue weighted by molar-refractivity contribution is 8.15. The fourth-order valence-corrected chi connectivity index (χ4v) is 5.78. The van der Waals surface area contributed by atoms with Crippen LogP contribution >= 0.6 is 23.4 Å². The number of amides is 2. The van der Waals surface area contributed by atoms with E-state index in [1.54, 1.807) is 18.2 Å². The van der Waals surface area contributed by atoms with Crippen LogP contribution in [0.25, 0.3) is 0 Å². The van der Waals surface area contributed by atoms with E-state index in [2.05, 4.69) is 41.5 Å². The number of anilines is 1. The van der Waals surface area contributed by atoms with Gasteiger partial charge in [-0.15, -0.1) is 0 Å². The number of aryl methyl sites for hydroxylation is 1. The lowest BCUT2D eigenvalue weighted by Crippen LogP contribution is -2.25. The van der Waals surface area contributed by atoms with Gasteiger partial charge in [0.2, 0.25) is 5.91 Å². The maximum absolute atomic E-state index is 12.8. The van der Waals surface area contributed by atoms with E-state index < -0.39 is 5.25 Å². The molecular weight excluding hydrogens is 520 g/mol. The maximum Gasteiger partial charge on any atom is 0.262 e. The number of hydrogen-bond donors (Lipinski definition) is 1. The van der Waals surface area contributed by atoms with Crippen LogP contribution in [-0.4, -0.2) is 40.1 Å². The Bertz CT molecular complexity index is 1410. The molecule has 38 heavy (non-hydrogen) atoms. The van der Waals surface area contributed by atoms with Crippen molar-refractivity contribution < 1.29 is 14.3 Å². The molecule has 2 amide bonds. The van der Waals surface area contributed by atoms with Gasteiger partial charge in [0.15, 0.2) is 5.17 Å². The topological polar surface area (TPSA) is 83.4 Å². The van der Waals surface area contributed by atoms with Gasteiger partial charge in [-0.05, 0) is 41.3 Å². The number of carbonyl (C=O) groups excluding carboxylic acids is 2. The average Bonchev–Trinajstić information content (AvgIpc) is 3.53. The summed E-state index contributed by atoms with van der Waals surface area (Å²) in [6.07, 6.45) is 1.63. The zero-order chi connectivity index (χ0) is 26.6. The molecular formula is C29H27ClN4O3S. The molecule has 0 aliphatic carbocycles. The Labute approximate surface area is 230 Å². The van der Waals surface area contributed by atoms with Gasteiger partial charge in [0.25, 0.3) is 5.91 Å². The molecule has 3 aromatic rings. The number of methoxy groups -OCH3 is 1. The number of amidine groups is 1. The van der Waals surface area contributed by atoms with Crippen molar-refractivity contribution in [2.24, 2.45) is 10.1 Å². The lowest BCUT2D eigenvalue weighted by atomic mass is 9.97. The molecule has 2 heterocycles. The summed E-state index contributed by atoms with van der Waals surface area (Å²) in [5.74, 6) is -0.115. The van der Waals surface area contributed by atoms with E-state index in [1.807, 2.05) is 35.3 Å². The molecule has 0 saturated carbocycles. The predicted octanol–water partition coefficient (Wildman–Crippen LogP) is 6.09. The summed E-state index contributed by atoms with van der Waals surface area (Å²) in [5.41, 5.74) is 4.86. The number of hydrazone groups is 1. The Morgan fingerprint density at radius 2 is 1.89 bits per heavy atom. The fourth-order valence-electron chi connectivity index (χ4n) is 4.46. The summed E-state index contributed by atoms with van der Waals surface area (Å²) in [7, 11) is 1.53. The summed E-state index contributed by atoms with van der Waals surface area (Å²) in [6, 6.07) is 23.4. The SMILES string of the molecule is CCc1ccc([C@H]2CC(c3ccccc3)=NN2C2=NC(=O)[C@@H](CC(=O)Nc3ccc(OC)c(Cl)c3)S2)cc1. The first-order chi connectivity index (χ1) is 18.4. The molecule has 0 unspecified atom stereocenters. The predicted molar refractivity (Wildman–Crippen MR) is 153 cm³/mol. The lowest BCUT2D eigenvalue weighted by molar-refractivity contribution is -0.121. The van der Waals surface area contributed by atoms with E-state index in [4.69, 9.17) is 21.4 Å². The van der Waals surface area contributed by atoms with Gasteiger partial charge in [0, 0.05) is 18.5 Å². The number of thioether (sulfide) groups is 1. The van der Waals surface area contributed by atoms with Gasteiger partial charge in [-0.1, -0.05) is 84.9 Å². The third-order valence-electron chi connectivity index (χ3n) is 6.52. The van der Waals surface area contributed by atoms with Crippen LogP contribution in [0, 0.1) is 0 Å². The number of nitrogens with one attached hydrogen (secondary N) is 1. The number of halogens is 1. The standard InChI is InChI=1S/C29H27ClN4O3S/c1-3-18-9-11-20(12-10-18)24-16-23(19-7-5-4-6-8-19)33-34(24)29-32-28(36)26(38-29)17-27(35)31-21-13-14-25(37-2)22(30)15-21/h4-15,24,26H,3,16-17H2,1-2H3,(H,31,35)/t24-,26-/m1/s1. The first kappa shape index (κ1) is 26.0. The number of rotatable bonds is 7. The van der Waals surface area contributed by atoms with Gasteiger partial charge < -0.3 is 10.1 Å². The Hall–Kier alpha value is -3.62. The monoisotopic (exact) mass is 546 g/mol. The molecule has 0 bridgehead atoms. The molecule has 5 rings (SSSR count). The summed E-state index contributed by atoms with van der Waals surface area (Å²) in [6.45, 7) is 2.13. The number of benzene rings is 3. The summed E-state index contributed by atoms with van der Waals surface area (Å²) in [4.78, 5) is 29.9. The minimum Gasteiger partial charge on any atom is -0.495 e. The maximum atomic E-state index is 12.8. The highest BCUT2D eigenvalue weighted by Gasteiger charge is 2.39. The van der Waals surface area contributed by atoms with Crippen LogP contribution in [0.2, 0.25) is 5.02 Å². The zero-order valence-corrected chi connectivity index (χ0v) is 22.6. The van der Waals surface area contributed by atoms with E-state index in [0.717, 1.165) is 23.3 Å². The van der Waals surface area contributed by atoms with Gasteiger partial charge in [0.1, 0.15) is 11.0 Å². The number of nitrogens with zero attached hydrogens (tertiary/aromatic N) is 3. The van der Waals surface area contributed by atoms with Crippen molar-refractivity contribution in [3.63, 3.8) is 0 Å². The second-order valence-electron chi connectivity index (χ2n) is 9.01. The molecule has 0 fully saturated rings. The summed E-state index contributed by atoms with van der Waals surface area (Å²) < 4.78 is 5.15. The van der Waals surface area contributed by atoms with Crippen LogP contribution in [-0.2, 0) is 16.0 Å². The van der Waals surface area contributed by atoms with E-state index in [-0.39, 0.29) is 24.3 Å². The Balaban J connectivity index is 1.32. The van der Waals surface area contributed by atoms with Gasteiger partial charge in [-0.2, -0.15) is 10.1 Å². The Morgan fingerprint density at radius 1 is 1.13 bits per heavy atom. The molecule has 0 saturated heterocycles. The highest BCUT2D eigenvalue weighted by Crippen LogP contribution is 2.39. The van der Waals surface area contributed by atoms with Crippen LogP contribution < -0.4 is 10.1 Å². The van der Waals surface area contributed by atoms with Crippen LogP contribution in [0.1, 0.15) is 42.5 Å². The van der Waals surface area contributed by atoms with Crippen molar-refractivity contribution in [1.29, 1.82) is 0 Å². The van der Waals surface area contributed by atoms with E-state index in [1.165, 1.54) is 24.4 Å². The third-order valence-corrected chi connectivity index (χ3v) is 7.96. The largest absolute Gasteiger partial charge is 0.495 e. The fraction of sp³-hybridized carbons (Fsp3) is 0.241. The normalized spacial score (nSPS) is 18.8. The van der Waals surface area contributed by atoms with E-state index >= 15 is 0 Å². The van der Waals surface area contributed by atoms with Crippen molar-refractivity contribution in [1.82, 2.24) is 5.01 Å². The molecule has 1 N–H and O–H groups in total. The van der Waals surface area contributed by atoms with Gasteiger partial charge in [-0.3, -0.25) is 9.59 Å². The van der Waals surface area contributed by atoms with E-state index in [9.17, 15) is 9.59 Å². The molecule has 194 valence electrons. The summed E-state index contributed by atoms with van der Waals surface area (Å²) >= 11 is 7.44. The van der Waals surface area contributed by atoms with Crippen molar-refractivity contribution in [3.05, 3.63) is 94.5 Å². The molecule has 0 spiro atoms. The number of aliphatic imine (C=N–C) groups is 1. The van der Waals surface area contributed by atoms with Gasteiger partial charge in [-0.25, -0.2) is 5.01 Å². The van der Waals surface area contributed by atoms with Crippen molar-refractivity contribution in [2.45, 2.75) is 37.5 Å². The summed E-state index contributed by atoms with van der Waals surface area (Å²) in [5, 5.41) is 9.82. The number of hydrogen-bond acceptors (Lipinski definition) is 6. The smallest absolute Gasteiger partial charge is 0.262 e. The molecule has 2 atom stereocenters. The molecule has 7 nitrogen and oxygen atoms in total. The van der Waals surface area contributed by atoms with Crippen LogP contribution in [0.15, 0.2) is 82.9 Å². The molecule has 0 aromatic heterocycles. The molecule has 2 aliphatic rings. The molecule has 0 radical (unpaired) electrons. The number of ether oxygens (including phenoxy) is 1. The van der Waals surface area contributed by atoms with Crippen LogP contribution in [0.4, 0.5) is 5.69 Å². The molecule has 2 aliphatic heterocycles. The zero-order valence-electron chi connectivity index (χ0n) is 21.1. The molecule has 9 heteroatoms. The van der Waals surface area contributed by atoms with E-state index in [0.29, 0.717) is 28.0 Å². The average molecular weight is 547 g/mol. The second kappa shape index (κ2) is 11.4. The minimum absolute atomic E-state index is 0.0148. The van der Waals surface area contributed by atoms with Crippen molar-refractivity contribution >= 4 is 51.7 Å². The van der Waals surface area contributed by atoms with Crippen molar-refractivity contribution in [3.8, 4) is 5.75 Å². The van der Waals surface area contributed by atoms with Crippen molar-refractivity contribution in [2.75, 3.05) is 12.4 Å². The van der Waals surface area contributed by atoms with Gasteiger partial charge >= 0.3 is 0 Å². The Morgan fingerprint density at radius 3 is 2.58 bits per heavy atom. The third kappa shape index (κ3) is 5.61.